The molecule has 19 heavy (non-hydrogen) atoms. The van der Waals surface area contributed by atoms with Gasteiger partial charge >= 0.3 is 0 Å². The number of ether oxygens (including phenoxy) is 1. The van der Waals surface area contributed by atoms with Crippen molar-refractivity contribution in [1.82, 2.24) is 0 Å². The lowest BCUT2D eigenvalue weighted by Gasteiger charge is -2.08. The molecule has 0 saturated heterocycles. The summed E-state index contributed by atoms with van der Waals surface area (Å²) in [7, 11) is 0. The van der Waals surface area contributed by atoms with Crippen LogP contribution in [0.3, 0.4) is 0 Å². The monoisotopic (exact) mass is 259 g/mol. The summed E-state index contributed by atoms with van der Waals surface area (Å²) in [4.78, 5) is 0. The number of nitrogens with one attached hydrogen (secondary N) is 1. The predicted octanol–water partition coefficient (Wildman–Crippen LogP) is 4.23. The van der Waals surface area contributed by atoms with Gasteiger partial charge in [-0.1, -0.05) is 25.1 Å². The van der Waals surface area contributed by atoms with Gasteiger partial charge in [-0.15, -0.1) is 0 Å². The SMILES string of the molecule is CCCOc1ccc(CNc2cccc(F)c2)cc1. The van der Waals surface area contributed by atoms with E-state index in [4.69, 9.17) is 4.74 Å². The maximum Gasteiger partial charge on any atom is 0.125 e. The molecule has 0 atom stereocenters. The molecule has 0 aliphatic heterocycles. The Kier molecular flexibility index (Phi) is 4.78. The van der Waals surface area contributed by atoms with Gasteiger partial charge in [0, 0.05) is 12.2 Å². The first-order valence-corrected chi connectivity index (χ1v) is 6.49. The average Bonchev–Trinajstić information content (AvgIpc) is 2.44. The fourth-order valence-corrected chi connectivity index (χ4v) is 1.73. The average molecular weight is 259 g/mol. The van der Waals surface area contributed by atoms with E-state index in [-0.39, 0.29) is 5.82 Å². The molecular weight excluding hydrogens is 241 g/mol. The van der Waals surface area contributed by atoms with Crippen LogP contribution < -0.4 is 10.1 Å². The summed E-state index contributed by atoms with van der Waals surface area (Å²) in [6.07, 6.45) is 1.00. The molecular formula is C16H18FNO. The number of rotatable bonds is 6. The van der Waals surface area contributed by atoms with Crippen molar-refractivity contribution in [2.45, 2.75) is 19.9 Å². The van der Waals surface area contributed by atoms with E-state index in [2.05, 4.69) is 12.2 Å². The Balaban J connectivity index is 1.89. The Hall–Kier alpha value is -2.03. The van der Waals surface area contributed by atoms with Crippen molar-refractivity contribution in [2.24, 2.45) is 0 Å². The summed E-state index contributed by atoms with van der Waals surface area (Å²) in [5, 5.41) is 3.18. The van der Waals surface area contributed by atoms with E-state index in [1.54, 1.807) is 6.07 Å². The van der Waals surface area contributed by atoms with Crippen molar-refractivity contribution in [3.63, 3.8) is 0 Å². The van der Waals surface area contributed by atoms with Gasteiger partial charge in [0.05, 0.1) is 6.61 Å². The third-order valence-electron chi connectivity index (χ3n) is 2.72. The highest BCUT2D eigenvalue weighted by Crippen LogP contribution is 2.15. The lowest BCUT2D eigenvalue weighted by atomic mass is 10.2. The lowest BCUT2D eigenvalue weighted by molar-refractivity contribution is 0.317. The molecule has 1 N–H and O–H groups in total. The van der Waals surface area contributed by atoms with Crippen LogP contribution in [0.4, 0.5) is 10.1 Å². The molecule has 0 fully saturated rings. The molecule has 2 nitrogen and oxygen atoms in total. The molecule has 0 unspecified atom stereocenters. The fourth-order valence-electron chi connectivity index (χ4n) is 1.73. The highest BCUT2D eigenvalue weighted by Gasteiger charge is 1.97. The Morgan fingerprint density at radius 2 is 1.89 bits per heavy atom. The minimum atomic E-state index is -0.228. The van der Waals surface area contributed by atoms with Crippen molar-refractivity contribution in [3.05, 3.63) is 59.9 Å². The normalized spacial score (nSPS) is 10.2. The summed E-state index contributed by atoms with van der Waals surface area (Å²) < 4.78 is 18.5. The van der Waals surface area contributed by atoms with Crippen molar-refractivity contribution in [2.75, 3.05) is 11.9 Å². The van der Waals surface area contributed by atoms with Crippen LogP contribution in [0.2, 0.25) is 0 Å². The van der Waals surface area contributed by atoms with Crippen molar-refractivity contribution in [3.8, 4) is 5.75 Å². The minimum absolute atomic E-state index is 0.228. The molecule has 0 saturated carbocycles. The molecule has 0 bridgehead atoms. The van der Waals surface area contributed by atoms with Crippen LogP contribution in [-0.4, -0.2) is 6.61 Å². The maximum atomic E-state index is 13.0. The van der Waals surface area contributed by atoms with E-state index in [0.717, 1.165) is 30.0 Å². The number of benzene rings is 2. The molecule has 0 aromatic heterocycles. The largest absolute Gasteiger partial charge is 0.494 e. The summed E-state index contributed by atoms with van der Waals surface area (Å²) in [5.74, 6) is 0.657. The fraction of sp³-hybridized carbons (Fsp3) is 0.250. The second-order valence-corrected chi connectivity index (χ2v) is 4.36. The van der Waals surface area contributed by atoms with Crippen LogP contribution in [0.15, 0.2) is 48.5 Å². The van der Waals surface area contributed by atoms with Gasteiger partial charge < -0.3 is 10.1 Å². The molecule has 0 heterocycles. The first-order chi connectivity index (χ1) is 9.28. The van der Waals surface area contributed by atoms with Gasteiger partial charge in [0.15, 0.2) is 0 Å². The van der Waals surface area contributed by atoms with E-state index in [1.165, 1.54) is 12.1 Å². The minimum Gasteiger partial charge on any atom is -0.494 e. The smallest absolute Gasteiger partial charge is 0.125 e. The molecule has 0 aliphatic carbocycles. The molecule has 2 aromatic rings. The lowest BCUT2D eigenvalue weighted by Crippen LogP contribution is -2.00. The topological polar surface area (TPSA) is 21.3 Å². The van der Waals surface area contributed by atoms with Gasteiger partial charge in [0.25, 0.3) is 0 Å². The number of halogens is 1. The van der Waals surface area contributed by atoms with Crippen LogP contribution in [0.1, 0.15) is 18.9 Å². The molecule has 0 spiro atoms. The van der Waals surface area contributed by atoms with E-state index >= 15 is 0 Å². The van der Waals surface area contributed by atoms with E-state index in [0.29, 0.717) is 6.54 Å². The van der Waals surface area contributed by atoms with Crippen LogP contribution in [0.25, 0.3) is 0 Å². The quantitative estimate of drug-likeness (QED) is 0.838. The number of anilines is 1. The van der Waals surface area contributed by atoms with Crippen LogP contribution in [0, 0.1) is 5.82 Å². The van der Waals surface area contributed by atoms with Crippen molar-refractivity contribution < 1.29 is 9.13 Å². The number of hydrogen-bond acceptors (Lipinski definition) is 2. The molecule has 100 valence electrons. The Labute approximate surface area is 113 Å². The van der Waals surface area contributed by atoms with Gasteiger partial charge in [-0.2, -0.15) is 0 Å². The number of hydrogen-bond donors (Lipinski definition) is 1. The molecule has 0 aliphatic rings. The van der Waals surface area contributed by atoms with Gasteiger partial charge in [-0.25, -0.2) is 4.39 Å². The molecule has 2 aromatic carbocycles. The molecule has 3 heteroatoms. The first-order valence-electron chi connectivity index (χ1n) is 6.49. The van der Waals surface area contributed by atoms with Gasteiger partial charge in [-0.05, 0) is 42.3 Å². The zero-order valence-electron chi connectivity index (χ0n) is 11.0. The standard InChI is InChI=1S/C16H18FNO/c1-2-10-19-16-8-6-13(7-9-16)12-18-15-5-3-4-14(17)11-15/h3-9,11,18H,2,10,12H2,1H3. The van der Waals surface area contributed by atoms with Crippen LogP contribution >= 0.6 is 0 Å². The maximum absolute atomic E-state index is 13.0. The van der Waals surface area contributed by atoms with E-state index in [9.17, 15) is 4.39 Å². The second-order valence-electron chi connectivity index (χ2n) is 4.36. The summed E-state index contributed by atoms with van der Waals surface area (Å²) in [6.45, 7) is 3.48. The van der Waals surface area contributed by atoms with Crippen LogP contribution in [-0.2, 0) is 6.54 Å². The Bertz CT molecular complexity index is 510. The predicted molar refractivity (Wildman–Crippen MR) is 76.0 cm³/mol. The van der Waals surface area contributed by atoms with Crippen LogP contribution in [0.5, 0.6) is 5.75 Å². The van der Waals surface area contributed by atoms with Gasteiger partial charge in [0.2, 0.25) is 0 Å². The Morgan fingerprint density at radius 3 is 2.58 bits per heavy atom. The third-order valence-corrected chi connectivity index (χ3v) is 2.72. The third kappa shape index (κ3) is 4.28. The van der Waals surface area contributed by atoms with Crippen molar-refractivity contribution in [1.29, 1.82) is 0 Å². The van der Waals surface area contributed by atoms with Gasteiger partial charge in [-0.3, -0.25) is 0 Å². The van der Waals surface area contributed by atoms with Crippen molar-refractivity contribution >= 4 is 5.69 Å². The van der Waals surface area contributed by atoms with E-state index < -0.39 is 0 Å². The second kappa shape index (κ2) is 6.78. The highest BCUT2D eigenvalue weighted by molar-refractivity contribution is 5.44. The zero-order chi connectivity index (χ0) is 13.5. The highest BCUT2D eigenvalue weighted by atomic mass is 19.1. The molecule has 0 radical (unpaired) electrons. The summed E-state index contributed by atoms with van der Waals surface area (Å²) >= 11 is 0. The first kappa shape index (κ1) is 13.4. The molecule has 2 rings (SSSR count). The zero-order valence-corrected chi connectivity index (χ0v) is 11.0. The van der Waals surface area contributed by atoms with Gasteiger partial charge in [0.1, 0.15) is 11.6 Å². The summed E-state index contributed by atoms with van der Waals surface area (Å²) in [5.41, 5.74) is 1.92. The molecule has 0 amide bonds. The Morgan fingerprint density at radius 1 is 1.11 bits per heavy atom. The van der Waals surface area contributed by atoms with E-state index in [1.807, 2.05) is 30.3 Å². The summed E-state index contributed by atoms with van der Waals surface area (Å²) in [6, 6.07) is 14.4.